The number of benzene rings is 2. The van der Waals surface area contributed by atoms with Crippen molar-refractivity contribution in [1.29, 1.82) is 0 Å². The first-order valence-electron chi connectivity index (χ1n) is 8.72. The van der Waals surface area contributed by atoms with E-state index in [4.69, 9.17) is 14.2 Å². The number of carbonyl (C=O) groups is 1. The summed E-state index contributed by atoms with van der Waals surface area (Å²) in [6, 6.07) is 13.0. The molecule has 0 unspecified atom stereocenters. The van der Waals surface area contributed by atoms with Crippen LogP contribution in [0.5, 0.6) is 17.2 Å². The Hall–Kier alpha value is -3.48. The molecule has 0 atom stereocenters. The van der Waals surface area contributed by atoms with Crippen LogP contribution in [0.1, 0.15) is 21.7 Å². The van der Waals surface area contributed by atoms with E-state index in [-0.39, 0.29) is 5.91 Å². The van der Waals surface area contributed by atoms with E-state index in [1.807, 2.05) is 38.1 Å². The molecule has 7 heteroatoms. The number of amides is 1. The van der Waals surface area contributed by atoms with Crippen molar-refractivity contribution in [3.05, 3.63) is 59.4 Å². The number of rotatable bonds is 6. The molecule has 3 rings (SSSR count). The van der Waals surface area contributed by atoms with Gasteiger partial charge in [-0.25, -0.2) is 4.68 Å². The first kappa shape index (κ1) is 19.3. The predicted molar refractivity (Wildman–Crippen MR) is 107 cm³/mol. The number of methoxy groups -OCH3 is 3. The molecule has 1 aromatic heterocycles. The second-order valence-electron chi connectivity index (χ2n) is 6.29. The maximum Gasteiger partial charge on any atom is 0.276 e. The zero-order valence-corrected chi connectivity index (χ0v) is 16.6. The number of aromatic nitrogens is 2. The van der Waals surface area contributed by atoms with Crippen molar-refractivity contribution in [2.75, 3.05) is 26.6 Å². The molecular weight excluding hydrogens is 358 g/mol. The lowest BCUT2D eigenvalue weighted by atomic mass is 10.2. The lowest BCUT2D eigenvalue weighted by molar-refractivity contribution is 0.102. The highest BCUT2D eigenvalue weighted by Crippen LogP contribution is 2.40. The Balaban J connectivity index is 1.88. The minimum atomic E-state index is -0.330. The molecule has 2 aromatic carbocycles. The third kappa shape index (κ3) is 3.78. The maximum atomic E-state index is 12.7. The maximum absolute atomic E-state index is 12.7. The zero-order valence-electron chi connectivity index (χ0n) is 16.6. The van der Waals surface area contributed by atoms with E-state index < -0.39 is 0 Å². The Bertz CT molecular complexity index is 968. The SMILES string of the molecule is COc1cc(NC(=O)c2cc(C)n(-c3ccc(C)cc3)n2)cc(OC)c1OC. The zero-order chi connectivity index (χ0) is 20.3. The van der Waals surface area contributed by atoms with Crippen molar-refractivity contribution in [2.45, 2.75) is 13.8 Å². The third-order valence-electron chi connectivity index (χ3n) is 4.32. The minimum Gasteiger partial charge on any atom is -0.493 e. The number of hydrogen-bond acceptors (Lipinski definition) is 5. The smallest absolute Gasteiger partial charge is 0.276 e. The average Bonchev–Trinajstić information content (AvgIpc) is 3.09. The Kier molecular flexibility index (Phi) is 5.54. The van der Waals surface area contributed by atoms with Crippen LogP contribution in [-0.2, 0) is 0 Å². The molecule has 0 bridgehead atoms. The molecule has 1 N–H and O–H groups in total. The summed E-state index contributed by atoms with van der Waals surface area (Å²) in [6.07, 6.45) is 0. The van der Waals surface area contributed by atoms with Crippen LogP contribution >= 0.6 is 0 Å². The highest BCUT2D eigenvalue weighted by atomic mass is 16.5. The van der Waals surface area contributed by atoms with Gasteiger partial charge in [-0.3, -0.25) is 4.79 Å². The van der Waals surface area contributed by atoms with Gasteiger partial charge in [0, 0.05) is 23.5 Å². The molecule has 0 spiro atoms. The number of anilines is 1. The van der Waals surface area contributed by atoms with E-state index >= 15 is 0 Å². The van der Waals surface area contributed by atoms with Crippen LogP contribution < -0.4 is 19.5 Å². The summed E-state index contributed by atoms with van der Waals surface area (Å²) < 4.78 is 17.7. The number of ether oxygens (including phenoxy) is 3. The van der Waals surface area contributed by atoms with Crippen LogP contribution in [0.2, 0.25) is 0 Å². The summed E-state index contributed by atoms with van der Waals surface area (Å²) in [5.41, 5.74) is 3.75. The van der Waals surface area contributed by atoms with Gasteiger partial charge in [0.15, 0.2) is 17.2 Å². The highest BCUT2D eigenvalue weighted by Gasteiger charge is 2.17. The van der Waals surface area contributed by atoms with E-state index in [1.165, 1.54) is 21.3 Å². The Morgan fingerprint density at radius 3 is 2.07 bits per heavy atom. The van der Waals surface area contributed by atoms with Gasteiger partial charge in [-0.05, 0) is 32.0 Å². The summed E-state index contributed by atoms with van der Waals surface area (Å²) in [5.74, 6) is 1.04. The summed E-state index contributed by atoms with van der Waals surface area (Å²) in [5, 5.41) is 7.27. The first-order valence-corrected chi connectivity index (χ1v) is 8.72. The predicted octanol–water partition coefficient (Wildman–Crippen LogP) is 3.77. The molecule has 0 aliphatic rings. The molecule has 1 heterocycles. The number of aryl methyl sites for hydroxylation is 2. The number of nitrogens with one attached hydrogen (secondary N) is 1. The lowest BCUT2D eigenvalue weighted by Gasteiger charge is -2.14. The third-order valence-corrected chi connectivity index (χ3v) is 4.32. The Labute approximate surface area is 163 Å². The Morgan fingerprint density at radius 1 is 0.929 bits per heavy atom. The molecule has 0 saturated carbocycles. The van der Waals surface area contributed by atoms with Gasteiger partial charge in [-0.15, -0.1) is 0 Å². The van der Waals surface area contributed by atoms with Crippen LogP contribution in [0.15, 0.2) is 42.5 Å². The van der Waals surface area contributed by atoms with E-state index in [1.54, 1.807) is 22.9 Å². The molecule has 28 heavy (non-hydrogen) atoms. The van der Waals surface area contributed by atoms with Gasteiger partial charge in [0.1, 0.15) is 0 Å². The quantitative estimate of drug-likeness (QED) is 0.704. The molecule has 3 aromatic rings. The Morgan fingerprint density at radius 2 is 1.54 bits per heavy atom. The summed E-state index contributed by atoms with van der Waals surface area (Å²) in [4.78, 5) is 12.7. The fraction of sp³-hybridized carbons (Fsp3) is 0.238. The van der Waals surface area contributed by atoms with Crippen molar-refractivity contribution >= 4 is 11.6 Å². The molecule has 0 aliphatic carbocycles. The van der Waals surface area contributed by atoms with Crippen molar-refractivity contribution in [3.8, 4) is 22.9 Å². The van der Waals surface area contributed by atoms with E-state index in [0.717, 1.165) is 16.9 Å². The molecular formula is C21H23N3O4. The standard InChI is InChI=1S/C21H23N3O4/c1-13-6-8-16(9-7-13)24-14(2)10-17(23-24)21(25)22-15-11-18(26-3)20(28-5)19(12-15)27-4/h6-12H,1-5H3,(H,22,25). The van der Waals surface area contributed by atoms with E-state index in [9.17, 15) is 4.79 Å². The second kappa shape index (κ2) is 8.04. The van der Waals surface area contributed by atoms with Gasteiger partial charge in [0.2, 0.25) is 5.75 Å². The number of nitrogens with zero attached hydrogens (tertiary/aromatic N) is 2. The monoisotopic (exact) mass is 381 g/mol. The molecule has 7 nitrogen and oxygen atoms in total. The van der Waals surface area contributed by atoms with Gasteiger partial charge >= 0.3 is 0 Å². The second-order valence-corrected chi connectivity index (χ2v) is 6.29. The van der Waals surface area contributed by atoms with Crippen LogP contribution in [0.4, 0.5) is 5.69 Å². The summed E-state index contributed by atoms with van der Waals surface area (Å²) in [6.45, 7) is 3.93. The highest BCUT2D eigenvalue weighted by molar-refractivity contribution is 6.03. The van der Waals surface area contributed by atoms with Crippen molar-refractivity contribution in [1.82, 2.24) is 9.78 Å². The molecule has 1 amide bonds. The molecule has 0 saturated heterocycles. The molecule has 0 radical (unpaired) electrons. The first-order chi connectivity index (χ1) is 13.5. The van der Waals surface area contributed by atoms with Crippen LogP contribution in [-0.4, -0.2) is 37.0 Å². The van der Waals surface area contributed by atoms with E-state index in [2.05, 4.69) is 10.4 Å². The van der Waals surface area contributed by atoms with Gasteiger partial charge in [0.25, 0.3) is 5.91 Å². The number of carbonyl (C=O) groups excluding carboxylic acids is 1. The van der Waals surface area contributed by atoms with Crippen LogP contribution in [0.3, 0.4) is 0 Å². The van der Waals surface area contributed by atoms with Gasteiger partial charge in [-0.1, -0.05) is 17.7 Å². The number of hydrogen-bond donors (Lipinski definition) is 1. The lowest BCUT2D eigenvalue weighted by Crippen LogP contribution is -2.13. The minimum absolute atomic E-state index is 0.312. The van der Waals surface area contributed by atoms with Crippen LogP contribution in [0.25, 0.3) is 5.69 Å². The van der Waals surface area contributed by atoms with Gasteiger partial charge < -0.3 is 19.5 Å². The summed E-state index contributed by atoms with van der Waals surface area (Å²) in [7, 11) is 4.57. The fourth-order valence-corrected chi connectivity index (χ4v) is 2.88. The molecule has 0 fully saturated rings. The van der Waals surface area contributed by atoms with Crippen LogP contribution in [0, 0.1) is 13.8 Å². The normalized spacial score (nSPS) is 10.5. The average molecular weight is 381 g/mol. The van der Waals surface area contributed by atoms with E-state index in [0.29, 0.717) is 28.6 Å². The largest absolute Gasteiger partial charge is 0.493 e. The van der Waals surface area contributed by atoms with Gasteiger partial charge in [0.05, 0.1) is 27.0 Å². The van der Waals surface area contributed by atoms with Crippen molar-refractivity contribution in [2.24, 2.45) is 0 Å². The molecule has 0 aliphatic heterocycles. The summed E-state index contributed by atoms with van der Waals surface area (Å²) >= 11 is 0. The van der Waals surface area contributed by atoms with Gasteiger partial charge in [-0.2, -0.15) is 5.10 Å². The van der Waals surface area contributed by atoms with Crippen molar-refractivity contribution < 1.29 is 19.0 Å². The fourth-order valence-electron chi connectivity index (χ4n) is 2.88. The molecule has 146 valence electrons. The van der Waals surface area contributed by atoms with Crippen molar-refractivity contribution in [3.63, 3.8) is 0 Å². The topological polar surface area (TPSA) is 74.6 Å².